The second-order valence-corrected chi connectivity index (χ2v) is 7.16. The molecule has 0 heterocycles. The third-order valence-corrected chi connectivity index (χ3v) is 4.82. The van der Waals surface area contributed by atoms with E-state index in [1.807, 2.05) is 18.6 Å². The van der Waals surface area contributed by atoms with Gasteiger partial charge in [0.2, 0.25) is 0 Å². The average Bonchev–Trinajstić information content (AvgIpc) is 2.50. The predicted molar refractivity (Wildman–Crippen MR) is 86.2 cm³/mol. The highest BCUT2D eigenvalue weighted by Gasteiger charge is 2.22. The Morgan fingerprint density at radius 2 is 1.67 bits per heavy atom. The number of rotatable bonds is 5. The van der Waals surface area contributed by atoms with Crippen molar-refractivity contribution >= 4 is 21.6 Å². The smallest absolute Gasteiger partial charge is 0.261 e. The largest absolute Gasteiger partial charge is 0.365 e. The van der Waals surface area contributed by atoms with Gasteiger partial charge in [0.15, 0.2) is 5.82 Å². The molecule has 0 aliphatic heterocycles. The number of nitrogens with one attached hydrogen (secondary N) is 1. The quantitative estimate of drug-likeness (QED) is 0.865. The summed E-state index contributed by atoms with van der Waals surface area (Å²) in [5, 5.41) is 0. The van der Waals surface area contributed by atoms with Crippen LogP contribution in [0.1, 0.15) is 35.7 Å². The first-order valence-corrected chi connectivity index (χ1v) is 8.52. The van der Waals surface area contributed by atoms with Crippen LogP contribution in [-0.2, 0) is 10.0 Å². The Balaban J connectivity index is 2.39. The Kier molecular flexibility index (Phi) is 4.88. The first-order chi connectivity index (χ1) is 11.1. The molecule has 0 bridgehead atoms. The maximum absolute atomic E-state index is 14.1. The van der Waals surface area contributed by atoms with Gasteiger partial charge in [0.25, 0.3) is 15.9 Å². The van der Waals surface area contributed by atoms with E-state index in [9.17, 15) is 22.0 Å². The number of anilines is 1. The number of carbonyl (C=O) groups is 1. The average molecular weight is 354 g/mol. The fourth-order valence-corrected chi connectivity index (χ4v) is 3.15. The predicted octanol–water partition coefficient (Wildman–Crippen LogP) is 2.99. The van der Waals surface area contributed by atoms with E-state index in [1.54, 1.807) is 12.1 Å². The number of hydrogen-bond donors (Lipinski definition) is 2. The lowest BCUT2D eigenvalue weighted by Crippen LogP contribution is -2.19. The van der Waals surface area contributed by atoms with Gasteiger partial charge in [-0.1, -0.05) is 26.0 Å². The molecule has 2 aromatic rings. The van der Waals surface area contributed by atoms with E-state index < -0.39 is 38.8 Å². The molecule has 0 unspecified atom stereocenters. The number of sulfonamides is 1. The molecule has 0 aliphatic rings. The molecule has 0 fully saturated rings. The lowest BCUT2D eigenvalue weighted by Gasteiger charge is -2.12. The number of primary amides is 1. The summed E-state index contributed by atoms with van der Waals surface area (Å²) in [6.07, 6.45) is 0. The van der Waals surface area contributed by atoms with Crippen LogP contribution in [0.4, 0.5) is 14.5 Å². The van der Waals surface area contributed by atoms with Crippen LogP contribution in [-0.4, -0.2) is 14.3 Å². The molecule has 5 nitrogen and oxygen atoms in total. The van der Waals surface area contributed by atoms with E-state index in [4.69, 9.17) is 5.73 Å². The summed E-state index contributed by atoms with van der Waals surface area (Å²) < 4.78 is 54.2. The molecule has 0 atom stereocenters. The van der Waals surface area contributed by atoms with Gasteiger partial charge in [0.05, 0.1) is 10.6 Å². The molecular formula is C16H16F2N2O3S. The third kappa shape index (κ3) is 3.53. The molecule has 0 saturated heterocycles. The molecule has 8 heteroatoms. The van der Waals surface area contributed by atoms with Crippen molar-refractivity contribution in [3.63, 3.8) is 0 Å². The highest BCUT2D eigenvalue weighted by molar-refractivity contribution is 7.92. The van der Waals surface area contributed by atoms with Crippen molar-refractivity contribution in [1.82, 2.24) is 0 Å². The van der Waals surface area contributed by atoms with E-state index in [-0.39, 0.29) is 10.8 Å². The van der Waals surface area contributed by atoms with Crippen LogP contribution in [0, 0.1) is 11.6 Å². The molecular weight excluding hydrogens is 338 g/mol. The van der Waals surface area contributed by atoms with E-state index in [1.165, 1.54) is 12.1 Å². The minimum atomic E-state index is -4.10. The summed E-state index contributed by atoms with van der Waals surface area (Å²) in [5.74, 6) is -3.62. The SMILES string of the molecule is CC(C)c1ccc(S(=O)(=O)Nc2ccc(F)c(C(N)=O)c2F)cc1. The first-order valence-electron chi connectivity index (χ1n) is 7.04. The van der Waals surface area contributed by atoms with Gasteiger partial charge in [-0.15, -0.1) is 0 Å². The minimum absolute atomic E-state index is 0.0868. The second-order valence-electron chi connectivity index (χ2n) is 5.48. The molecule has 128 valence electrons. The molecule has 0 aromatic heterocycles. The van der Waals surface area contributed by atoms with Crippen molar-refractivity contribution in [1.29, 1.82) is 0 Å². The van der Waals surface area contributed by atoms with Gasteiger partial charge < -0.3 is 5.73 Å². The van der Waals surface area contributed by atoms with Crippen molar-refractivity contribution in [2.75, 3.05) is 4.72 Å². The number of hydrogen-bond acceptors (Lipinski definition) is 3. The molecule has 0 aliphatic carbocycles. The van der Waals surface area contributed by atoms with E-state index in [0.717, 1.165) is 17.7 Å². The Labute approximate surface area is 138 Å². The fourth-order valence-electron chi connectivity index (χ4n) is 2.09. The van der Waals surface area contributed by atoms with Crippen LogP contribution in [0.25, 0.3) is 0 Å². The zero-order chi connectivity index (χ0) is 18.1. The fraction of sp³-hybridized carbons (Fsp3) is 0.188. The molecule has 2 aromatic carbocycles. The summed E-state index contributed by atoms with van der Waals surface area (Å²) in [7, 11) is -4.10. The Bertz CT molecular complexity index is 879. The van der Waals surface area contributed by atoms with E-state index >= 15 is 0 Å². The van der Waals surface area contributed by atoms with Crippen LogP contribution in [0.2, 0.25) is 0 Å². The second kappa shape index (κ2) is 6.56. The molecule has 0 spiro atoms. The molecule has 0 saturated carbocycles. The number of amides is 1. The van der Waals surface area contributed by atoms with Crippen molar-refractivity contribution in [2.45, 2.75) is 24.7 Å². The summed E-state index contributed by atoms with van der Waals surface area (Å²) in [6, 6.07) is 7.71. The van der Waals surface area contributed by atoms with Gasteiger partial charge in [0, 0.05) is 0 Å². The van der Waals surface area contributed by atoms with Gasteiger partial charge in [-0.05, 0) is 35.7 Å². The summed E-state index contributed by atoms with van der Waals surface area (Å²) in [4.78, 5) is 11.0. The molecule has 0 radical (unpaired) electrons. The van der Waals surface area contributed by atoms with Crippen LogP contribution < -0.4 is 10.5 Å². The first kappa shape index (κ1) is 17.9. The Morgan fingerprint density at radius 1 is 1.08 bits per heavy atom. The number of halogens is 2. The zero-order valence-electron chi connectivity index (χ0n) is 13.0. The molecule has 24 heavy (non-hydrogen) atoms. The maximum Gasteiger partial charge on any atom is 0.261 e. The van der Waals surface area contributed by atoms with E-state index in [2.05, 4.69) is 0 Å². The highest BCUT2D eigenvalue weighted by atomic mass is 32.2. The van der Waals surface area contributed by atoms with Crippen LogP contribution in [0.5, 0.6) is 0 Å². The third-order valence-electron chi connectivity index (χ3n) is 3.44. The van der Waals surface area contributed by atoms with Crippen molar-refractivity contribution < 1.29 is 22.0 Å². The summed E-state index contributed by atoms with van der Waals surface area (Å²) >= 11 is 0. The van der Waals surface area contributed by atoms with E-state index in [0.29, 0.717) is 0 Å². The van der Waals surface area contributed by atoms with Gasteiger partial charge in [-0.25, -0.2) is 17.2 Å². The van der Waals surface area contributed by atoms with Gasteiger partial charge in [0.1, 0.15) is 11.4 Å². The van der Waals surface area contributed by atoms with Gasteiger partial charge in [-0.3, -0.25) is 9.52 Å². The minimum Gasteiger partial charge on any atom is -0.365 e. The van der Waals surface area contributed by atoms with Gasteiger partial charge in [-0.2, -0.15) is 0 Å². The highest BCUT2D eigenvalue weighted by Crippen LogP contribution is 2.24. The molecule has 3 N–H and O–H groups in total. The Hall–Kier alpha value is -2.48. The standard InChI is InChI=1S/C16H16F2N2O3S/c1-9(2)10-3-5-11(6-4-10)24(22,23)20-13-8-7-12(17)14(15(13)18)16(19)21/h3-9,20H,1-2H3,(H2,19,21). The Morgan fingerprint density at radius 3 is 2.17 bits per heavy atom. The van der Waals surface area contributed by atoms with Crippen LogP contribution >= 0.6 is 0 Å². The van der Waals surface area contributed by atoms with Crippen LogP contribution in [0.3, 0.4) is 0 Å². The summed E-state index contributed by atoms with van der Waals surface area (Å²) in [5.41, 5.74) is 4.30. The normalized spacial score (nSPS) is 11.5. The lowest BCUT2D eigenvalue weighted by molar-refractivity contribution is 0.0992. The zero-order valence-corrected chi connectivity index (χ0v) is 13.8. The topological polar surface area (TPSA) is 89.3 Å². The van der Waals surface area contributed by atoms with Crippen molar-refractivity contribution in [3.05, 3.63) is 59.2 Å². The number of carbonyl (C=O) groups excluding carboxylic acids is 1. The summed E-state index contributed by atoms with van der Waals surface area (Å²) in [6.45, 7) is 3.92. The molecule has 1 amide bonds. The van der Waals surface area contributed by atoms with Crippen molar-refractivity contribution in [3.8, 4) is 0 Å². The van der Waals surface area contributed by atoms with Crippen LogP contribution in [0.15, 0.2) is 41.3 Å². The number of benzene rings is 2. The van der Waals surface area contributed by atoms with Gasteiger partial charge >= 0.3 is 0 Å². The van der Waals surface area contributed by atoms with Crippen molar-refractivity contribution in [2.24, 2.45) is 5.73 Å². The number of nitrogens with two attached hydrogens (primary N) is 1. The monoisotopic (exact) mass is 354 g/mol. The maximum atomic E-state index is 14.1. The molecule has 2 rings (SSSR count). The lowest BCUT2D eigenvalue weighted by atomic mass is 10.0.